The smallest absolute Gasteiger partial charge is 0.128 e. The molecule has 0 radical (unpaired) electrons. The molecule has 1 N–H and O–H groups in total. The van der Waals surface area contributed by atoms with Crippen LogP contribution in [0.4, 0.5) is 4.39 Å². The number of nitriles is 1. The van der Waals surface area contributed by atoms with Gasteiger partial charge in [-0.05, 0) is 36.9 Å². The van der Waals surface area contributed by atoms with Gasteiger partial charge in [-0.25, -0.2) is 4.39 Å². The molecule has 4 heteroatoms. The quantitative estimate of drug-likeness (QED) is 0.894. The highest BCUT2D eigenvalue weighted by atomic mass is 19.1. The van der Waals surface area contributed by atoms with Crippen LogP contribution in [0.2, 0.25) is 0 Å². The zero-order valence-corrected chi connectivity index (χ0v) is 10.9. The van der Waals surface area contributed by atoms with Crippen LogP contribution in [-0.4, -0.2) is 11.1 Å². The Labute approximate surface area is 112 Å². The Kier molecular flexibility index (Phi) is 4.32. The van der Waals surface area contributed by atoms with E-state index in [9.17, 15) is 4.39 Å². The van der Waals surface area contributed by atoms with Crippen LogP contribution < -0.4 is 5.32 Å². The monoisotopic (exact) mass is 257 g/mol. The first kappa shape index (κ1) is 13.3. The first-order chi connectivity index (χ1) is 9.24. The number of halogens is 1. The third-order valence-electron chi connectivity index (χ3n) is 3.00. The topological polar surface area (TPSA) is 40.8 Å². The fourth-order valence-corrected chi connectivity index (χ4v) is 1.97. The summed E-state index contributed by atoms with van der Waals surface area (Å²) in [5, 5.41) is 12.1. The maximum atomic E-state index is 13.7. The van der Waals surface area contributed by atoms with Gasteiger partial charge in [-0.15, -0.1) is 0 Å². The van der Waals surface area contributed by atoms with Crippen molar-refractivity contribution in [3.8, 4) is 6.07 Å². The molecule has 0 atom stereocenters. The van der Waals surface area contributed by atoms with Crippen molar-refractivity contribution in [3.63, 3.8) is 0 Å². The van der Waals surface area contributed by atoms with E-state index in [0.29, 0.717) is 17.7 Å². The van der Waals surface area contributed by atoms with Gasteiger partial charge in [0.05, 0.1) is 18.2 Å². The lowest BCUT2D eigenvalue weighted by molar-refractivity contribution is 0.590. The van der Waals surface area contributed by atoms with Crippen LogP contribution in [0.1, 0.15) is 23.7 Å². The number of nitrogens with one attached hydrogen (secondary N) is 1. The molecular formula is C15H16FN3. The number of aromatic nitrogens is 1. The maximum absolute atomic E-state index is 13.7. The number of rotatable bonds is 5. The van der Waals surface area contributed by atoms with Crippen LogP contribution in [0.5, 0.6) is 0 Å². The number of nitrogens with zero attached hydrogens (tertiary/aromatic N) is 2. The first-order valence-corrected chi connectivity index (χ1v) is 6.28. The van der Waals surface area contributed by atoms with E-state index in [-0.39, 0.29) is 5.82 Å². The predicted molar refractivity (Wildman–Crippen MR) is 72.0 cm³/mol. The fourth-order valence-electron chi connectivity index (χ4n) is 1.97. The summed E-state index contributed by atoms with van der Waals surface area (Å²) in [7, 11) is 0. The van der Waals surface area contributed by atoms with E-state index in [4.69, 9.17) is 5.26 Å². The SMILES string of the molecule is CCNCc1cccn1Cc1cc(C#N)ccc1F. The van der Waals surface area contributed by atoms with Crippen molar-refractivity contribution < 1.29 is 4.39 Å². The molecule has 0 spiro atoms. The highest BCUT2D eigenvalue weighted by Crippen LogP contribution is 2.13. The summed E-state index contributed by atoms with van der Waals surface area (Å²) in [6, 6.07) is 10.4. The highest BCUT2D eigenvalue weighted by Gasteiger charge is 2.07. The van der Waals surface area contributed by atoms with Crippen molar-refractivity contribution in [2.24, 2.45) is 0 Å². The minimum Gasteiger partial charge on any atom is -0.346 e. The highest BCUT2D eigenvalue weighted by molar-refractivity contribution is 5.34. The largest absolute Gasteiger partial charge is 0.346 e. The molecule has 1 heterocycles. The van der Waals surface area contributed by atoms with Crippen LogP contribution in [0.3, 0.4) is 0 Å². The maximum Gasteiger partial charge on any atom is 0.128 e. The lowest BCUT2D eigenvalue weighted by Gasteiger charge is -2.10. The number of benzene rings is 1. The minimum absolute atomic E-state index is 0.276. The average molecular weight is 257 g/mol. The van der Waals surface area contributed by atoms with Crippen LogP contribution in [-0.2, 0) is 13.1 Å². The van der Waals surface area contributed by atoms with Crippen LogP contribution in [0.15, 0.2) is 36.5 Å². The summed E-state index contributed by atoms with van der Waals surface area (Å²) in [5.74, 6) is -0.276. The summed E-state index contributed by atoms with van der Waals surface area (Å²) < 4.78 is 15.7. The van der Waals surface area contributed by atoms with Gasteiger partial charge in [0.15, 0.2) is 0 Å². The van der Waals surface area contributed by atoms with E-state index in [0.717, 1.165) is 18.8 Å². The fraction of sp³-hybridized carbons (Fsp3) is 0.267. The first-order valence-electron chi connectivity index (χ1n) is 6.28. The molecule has 0 bridgehead atoms. The molecule has 0 aliphatic carbocycles. The van der Waals surface area contributed by atoms with Crippen LogP contribution >= 0.6 is 0 Å². The van der Waals surface area contributed by atoms with Gasteiger partial charge in [-0.3, -0.25) is 0 Å². The molecule has 0 amide bonds. The molecule has 1 aromatic carbocycles. The molecule has 0 saturated heterocycles. The molecule has 0 unspecified atom stereocenters. The zero-order valence-electron chi connectivity index (χ0n) is 10.9. The Balaban J connectivity index is 2.21. The molecule has 2 aromatic rings. The molecule has 0 fully saturated rings. The average Bonchev–Trinajstić information content (AvgIpc) is 2.86. The summed E-state index contributed by atoms with van der Waals surface area (Å²) in [5.41, 5.74) is 2.12. The molecule has 19 heavy (non-hydrogen) atoms. The molecular weight excluding hydrogens is 241 g/mol. The van der Waals surface area contributed by atoms with Crippen molar-refractivity contribution >= 4 is 0 Å². The molecule has 2 rings (SSSR count). The second-order valence-electron chi connectivity index (χ2n) is 4.33. The third kappa shape index (κ3) is 3.21. The molecule has 0 saturated carbocycles. The zero-order chi connectivity index (χ0) is 13.7. The second kappa shape index (κ2) is 6.17. The summed E-state index contributed by atoms with van der Waals surface area (Å²) >= 11 is 0. The van der Waals surface area contributed by atoms with E-state index in [1.165, 1.54) is 12.1 Å². The Hall–Kier alpha value is -2.12. The number of hydrogen-bond donors (Lipinski definition) is 1. The Bertz CT molecular complexity index is 596. The van der Waals surface area contributed by atoms with E-state index in [1.807, 2.05) is 35.9 Å². The van der Waals surface area contributed by atoms with E-state index < -0.39 is 0 Å². The lowest BCUT2D eigenvalue weighted by Crippen LogP contribution is -2.15. The van der Waals surface area contributed by atoms with Crippen molar-refractivity contribution in [1.29, 1.82) is 5.26 Å². The van der Waals surface area contributed by atoms with Crippen molar-refractivity contribution in [2.45, 2.75) is 20.0 Å². The van der Waals surface area contributed by atoms with Crippen LogP contribution in [0.25, 0.3) is 0 Å². The molecule has 3 nitrogen and oxygen atoms in total. The van der Waals surface area contributed by atoms with Crippen molar-refractivity contribution in [3.05, 3.63) is 59.2 Å². The van der Waals surface area contributed by atoms with Crippen molar-refractivity contribution in [1.82, 2.24) is 9.88 Å². The Morgan fingerprint density at radius 2 is 2.21 bits per heavy atom. The van der Waals surface area contributed by atoms with Gasteiger partial charge in [0.2, 0.25) is 0 Å². The van der Waals surface area contributed by atoms with Gasteiger partial charge in [0, 0.05) is 24.0 Å². The predicted octanol–water partition coefficient (Wildman–Crippen LogP) is 2.66. The van der Waals surface area contributed by atoms with Gasteiger partial charge in [-0.2, -0.15) is 5.26 Å². The van der Waals surface area contributed by atoms with E-state index in [2.05, 4.69) is 5.32 Å². The lowest BCUT2D eigenvalue weighted by atomic mass is 10.1. The van der Waals surface area contributed by atoms with Gasteiger partial charge in [0.1, 0.15) is 5.82 Å². The summed E-state index contributed by atoms with van der Waals surface area (Å²) in [6.07, 6.45) is 1.92. The van der Waals surface area contributed by atoms with E-state index in [1.54, 1.807) is 6.07 Å². The van der Waals surface area contributed by atoms with Crippen molar-refractivity contribution in [2.75, 3.05) is 6.54 Å². The summed E-state index contributed by atoms with van der Waals surface area (Å²) in [6.45, 7) is 4.13. The summed E-state index contributed by atoms with van der Waals surface area (Å²) in [4.78, 5) is 0. The Morgan fingerprint density at radius 1 is 1.37 bits per heavy atom. The second-order valence-corrected chi connectivity index (χ2v) is 4.33. The van der Waals surface area contributed by atoms with Gasteiger partial charge >= 0.3 is 0 Å². The molecule has 0 aliphatic rings. The van der Waals surface area contributed by atoms with Gasteiger partial charge < -0.3 is 9.88 Å². The van der Waals surface area contributed by atoms with Gasteiger partial charge in [0.25, 0.3) is 0 Å². The molecule has 1 aromatic heterocycles. The molecule has 98 valence electrons. The van der Waals surface area contributed by atoms with E-state index >= 15 is 0 Å². The third-order valence-corrected chi connectivity index (χ3v) is 3.00. The standard InChI is InChI=1S/C15H16FN3/c1-2-18-10-14-4-3-7-19(14)11-13-8-12(9-17)5-6-15(13)16/h3-8,18H,2,10-11H2,1H3. The van der Waals surface area contributed by atoms with Crippen LogP contribution in [0, 0.1) is 17.1 Å². The number of hydrogen-bond acceptors (Lipinski definition) is 2. The van der Waals surface area contributed by atoms with Gasteiger partial charge in [-0.1, -0.05) is 6.92 Å². The Morgan fingerprint density at radius 3 is 2.95 bits per heavy atom. The molecule has 0 aliphatic heterocycles. The minimum atomic E-state index is -0.276. The normalized spacial score (nSPS) is 10.4.